The first-order valence-electron chi connectivity index (χ1n) is 4.87. The molecule has 1 rings (SSSR count). The van der Waals surface area contributed by atoms with Crippen LogP contribution in [0.15, 0.2) is 15.9 Å². The lowest BCUT2D eigenvalue weighted by molar-refractivity contribution is 0.0785. The maximum atomic E-state index is 12.1. The number of hydrogen-bond donors (Lipinski definition) is 1. The Labute approximate surface area is 113 Å². The lowest BCUT2D eigenvalue weighted by Gasteiger charge is -2.20. The van der Waals surface area contributed by atoms with Gasteiger partial charge in [0.15, 0.2) is 0 Å². The highest BCUT2D eigenvalue weighted by molar-refractivity contribution is 9.11. The molecule has 1 aromatic rings. The van der Waals surface area contributed by atoms with E-state index in [-0.39, 0.29) is 5.91 Å². The molecule has 1 heterocycles. The van der Waals surface area contributed by atoms with Gasteiger partial charge in [0.2, 0.25) is 0 Å². The molecule has 0 saturated carbocycles. The first-order valence-corrected chi connectivity index (χ1v) is 6.89. The van der Waals surface area contributed by atoms with Crippen molar-refractivity contribution in [2.75, 3.05) is 13.1 Å². The molecular weight excluding hydrogens is 308 g/mol. The molecule has 2 N–H and O–H groups in total. The Morgan fingerprint density at radius 3 is 2.75 bits per heavy atom. The molecule has 0 bridgehead atoms. The molecule has 0 unspecified atom stereocenters. The SMILES string of the molecule is CCCN(CC(N)=S)C(=O)c1ccc(Br)s1. The van der Waals surface area contributed by atoms with Gasteiger partial charge in [0.05, 0.1) is 20.2 Å². The van der Waals surface area contributed by atoms with Gasteiger partial charge in [0, 0.05) is 6.54 Å². The second-order valence-corrected chi connectivity index (χ2v) is 6.28. The molecule has 6 heteroatoms. The summed E-state index contributed by atoms with van der Waals surface area (Å²) in [5, 5.41) is 0. The predicted octanol–water partition coefficient (Wildman–Crippen LogP) is 2.65. The molecule has 0 aromatic carbocycles. The number of thiocarbonyl (C=S) groups is 1. The number of rotatable bonds is 5. The van der Waals surface area contributed by atoms with Gasteiger partial charge >= 0.3 is 0 Å². The van der Waals surface area contributed by atoms with Gasteiger partial charge in [-0.2, -0.15) is 0 Å². The number of amides is 1. The number of halogens is 1. The van der Waals surface area contributed by atoms with Crippen LogP contribution in [0, 0.1) is 0 Å². The van der Waals surface area contributed by atoms with Gasteiger partial charge in [-0.15, -0.1) is 11.3 Å². The molecule has 0 saturated heterocycles. The lowest BCUT2D eigenvalue weighted by Crippen LogP contribution is -2.37. The Morgan fingerprint density at radius 1 is 1.62 bits per heavy atom. The highest BCUT2D eigenvalue weighted by atomic mass is 79.9. The number of carbonyl (C=O) groups is 1. The highest BCUT2D eigenvalue weighted by Crippen LogP contribution is 2.23. The standard InChI is InChI=1S/C10H13BrN2OS2/c1-2-5-13(6-9(12)15)10(14)7-3-4-8(11)16-7/h3-4H,2,5-6H2,1H3,(H2,12,15). The summed E-state index contributed by atoms with van der Waals surface area (Å²) in [5.74, 6) is -0.00894. The third-order valence-electron chi connectivity index (χ3n) is 1.91. The van der Waals surface area contributed by atoms with E-state index in [1.807, 2.05) is 13.0 Å². The molecular formula is C10H13BrN2OS2. The van der Waals surface area contributed by atoms with Crippen LogP contribution in [0.4, 0.5) is 0 Å². The van der Waals surface area contributed by atoms with Crippen LogP contribution in [0.3, 0.4) is 0 Å². The van der Waals surface area contributed by atoms with Crippen molar-refractivity contribution in [2.45, 2.75) is 13.3 Å². The number of nitrogens with zero attached hydrogens (tertiary/aromatic N) is 1. The Balaban J connectivity index is 2.78. The molecule has 3 nitrogen and oxygen atoms in total. The van der Waals surface area contributed by atoms with Crippen molar-refractivity contribution in [3.8, 4) is 0 Å². The molecule has 88 valence electrons. The third-order valence-corrected chi connectivity index (χ3v) is 3.65. The van der Waals surface area contributed by atoms with E-state index in [1.165, 1.54) is 11.3 Å². The summed E-state index contributed by atoms with van der Waals surface area (Å²) >= 11 is 9.59. The molecule has 0 aliphatic heterocycles. The predicted molar refractivity (Wildman–Crippen MR) is 75.0 cm³/mol. The second kappa shape index (κ2) is 6.32. The van der Waals surface area contributed by atoms with Crippen LogP contribution in [-0.2, 0) is 0 Å². The quantitative estimate of drug-likeness (QED) is 0.848. The summed E-state index contributed by atoms with van der Waals surface area (Å²) in [7, 11) is 0. The fourth-order valence-corrected chi connectivity index (χ4v) is 2.81. The van der Waals surface area contributed by atoms with Gasteiger partial charge in [-0.3, -0.25) is 4.79 Å². The Kier molecular flexibility index (Phi) is 5.37. The topological polar surface area (TPSA) is 46.3 Å². The fraction of sp³-hybridized carbons (Fsp3) is 0.400. The average Bonchev–Trinajstić information content (AvgIpc) is 2.62. The summed E-state index contributed by atoms with van der Waals surface area (Å²) in [6.45, 7) is 3.04. The van der Waals surface area contributed by atoms with Crippen molar-refractivity contribution in [3.63, 3.8) is 0 Å². The van der Waals surface area contributed by atoms with E-state index in [4.69, 9.17) is 18.0 Å². The van der Waals surface area contributed by atoms with Crippen LogP contribution in [0.25, 0.3) is 0 Å². The van der Waals surface area contributed by atoms with E-state index in [2.05, 4.69) is 15.9 Å². The number of carbonyl (C=O) groups excluding carboxylic acids is 1. The van der Waals surface area contributed by atoms with E-state index >= 15 is 0 Å². The van der Waals surface area contributed by atoms with Crippen molar-refractivity contribution < 1.29 is 4.79 Å². The van der Waals surface area contributed by atoms with Crippen LogP contribution in [-0.4, -0.2) is 28.9 Å². The molecule has 1 aromatic heterocycles. The molecule has 0 aliphatic carbocycles. The Bertz CT molecular complexity index is 392. The van der Waals surface area contributed by atoms with Crippen molar-refractivity contribution in [1.29, 1.82) is 0 Å². The highest BCUT2D eigenvalue weighted by Gasteiger charge is 2.17. The minimum atomic E-state index is -0.00894. The zero-order chi connectivity index (χ0) is 12.1. The number of hydrogen-bond acceptors (Lipinski definition) is 3. The summed E-state index contributed by atoms with van der Waals surface area (Å²) < 4.78 is 0.947. The Hall–Kier alpha value is -0.460. The monoisotopic (exact) mass is 320 g/mol. The van der Waals surface area contributed by atoms with E-state index in [1.54, 1.807) is 11.0 Å². The lowest BCUT2D eigenvalue weighted by atomic mass is 10.3. The molecule has 0 fully saturated rings. The van der Waals surface area contributed by atoms with Gasteiger partial charge < -0.3 is 10.6 Å². The van der Waals surface area contributed by atoms with E-state index in [9.17, 15) is 4.79 Å². The van der Waals surface area contributed by atoms with Crippen molar-refractivity contribution >= 4 is 50.4 Å². The molecule has 0 radical (unpaired) electrons. The first kappa shape index (κ1) is 13.6. The van der Waals surface area contributed by atoms with Crippen LogP contribution < -0.4 is 5.73 Å². The van der Waals surface area contributed by atoms with Gasteiger partial charge in [-0.05, 0) is 34.5 Å². The van der Waals surface area contributed by atoms with Crippen molar-refractivity contribution in [1.82, 2.24) is 4.90 Å². The molecule has 16 heavy (non-hydrogen) atoms. The molecule has 0 aliphatic rings. The normalized spacial score (nSPS) is 10.1. The molecule has 1 amide bonds. The number of nitrogens with two attached hydrogens (primary N) is 1. The van der Waals surface area contributed by atoms with Gasteiger partial charge in [-0.1, -0.05) is 19.1 Å². The van der Waals surface area contributed by atoms with E-state index in [0.717, 1.165) is 10.2 Å². The maximum absolute atomic E-state index is 12.1. The van der Waals surface area contributed by atoms with Crippen LogP contribution in [0.1, 0.15) is 23.0 Å². The minimum Gasteiger partial charge on any atom is -0.392 e. The van der Waals surface area contributed by atoms with Gasteiger partial charge in [0.1, 0.15) is 0 Å². The van der Waals surface area contributed by atoms with Crippen LogP contribution >= 0.6 is 39.5 Å². The van der Waals surface area contributed by atoms with Crippen molar-refractivity contribution in [3.05, 3.63) is 20.8 Å². The average molecular weight is 321 g/mol. The molecule has 0 atom stereocenters. The largest absolute Gasteiger partial charge is 0.392 e. The van der Waals surface area contributed by atoms with Crippen LogP contribution in [0.2, 0.25) is 0 Å². The summed E-state index contributed by atoms with van der Waals surface area (Å²) in [5.41, 5.74) is 5.48. The molecule has 0 spiro atoms. The minimum absolute atomic E-state index is 0.00894. The van der Waals surface area contributed by atoms with E-state index < -0.39 is 0 Å². The number of thiophene rings is 1. The zero-order valence-electron chi connectivity index (χ0n) is 8.90. The second-order valence-electron chi connectivity index (χ2n) is 3.30. The smallest absolute Gasteiger partial charge is 0.264 e. The Morgan fingerprint density at radius 2 is 2.31 bits per heavy atom. The van der Waals surface area contributed by atoms with Gasteiger partial charge in [0.25, 0.3) is 5.91 Å². The maximum Gasteiger partial charge on any atom is 0.264 e. The summed E-state index contributed by atoms with van der Waals surface area (Å²) in [6, 6.07) is 3.67. The first-order chi connectivity index (χ1) is 7.54. The summed E-state index contributed by atoms with van der Waals surface area (Å²) in [4.78, 5) is 14.8. The fourth-order valence-electron chi connectivity index (χ4n) is 1.30. The van der Waals surface area contributed by atoms with Crippen molar-refractivity contribution in [2.24, 2.45) is 5.73 Å². The van der Waals surface area contributed by atoms with E-state index in [0.29, 0.717) is 23.0 Å². The summed E-state index contributed by atoms with van der Waals surface area (Å²) in [6.07, 6.45) is 0.890. The zero-order valence-corrected chi connectivity index (χ0v) is 12.1. The third kappa shape index (κ3) is 3.84. The van der Waals surface area contributed by atoms with Crippen LogP contribution in [0.5, 0.6) is 0 Å². The van der Waals surface area contributed by atoms with Gasteiger partial charge in [-0.25, -0.2) is 0 Å².